The van der Waals surface area contributed by atoms with Crippen LogP contribution in [0.4, 0.5) is 11.8 Å². The van der Waals surface area contributed by atoms with E-state index in [-0.39, 0.29) is 5.91 Å². The number of hydrogen-bond donors (Lipinski definition) is 3. The normalized spacial score (nSPS) is 10.9. The van der Waals surface area contributed by atoms with E-state index in [9.17, 15) is 4.79 Å². The summed E-state index contributed by atoms with van der Waals surface area (Å²) in [4.78, 5) is 21.7. The summed E-state index contributed by atoms with van der Waals surface area (Å²) in [5.41, 5.74) is 2.70. The zero-order chi connectivity index (χ0) is 19.5. The molecule has 3 aromatic heterocycles. The topological polar surface area (TPSA) is 100 Å². The first-order valence-electron chi connectivity index (χ1n) is 8.71. The number of amides is 1. The standard InChI is InChI=1S/C19H19N7OS/c1-12-8-15(25-24-12)22-19-23-18(11-16-21-6-7-26(16)19)28-14-5-3-4-13(9-14)10-17(27)20-2/h3-9,11H,10H2,1-2H3,(H,20,27)(H2,22,23,24,25). The second kappa shape index (κ2) is 7.73. The SMILES string of the molecule is CNC(=O)Cc1cccc(Sc2cc3nccn3c(Nc3cc(C)[nH]n3)n2)c1. The molecule has 0 saturated heterocycles. The molecule has 0 bridgehead atoms. The van der Waals surface area contributed by atoms with Crippen LogP contribution in [0.5, 0.6) is 0 Å². The van der Waals surface area contributed by atoms with Crippen molar-refractivity contribution in [3.05, 3.63) is 60.0 Å². The number of carbonyl (C=O) groups is 1. The summed E-state index contributed by atoms with van der Waals surface area (Å²) < 4.78 is 1.87. The number of hydrogen-bond acceptors (Lipinski definition) is 6. The van der Waals surface area contributed by atoms with Crippen LogP contribution in [0.1, 0.15) is 11.3 Å². The molecule has 8 nitrogen and oxygen atoms in total. The fourth-order valence-electron chi connectivity index (χ4n) is 2.75. The molecule has 3 N–H and O–H groups in total. The molecule has 1 amide bonds. The minimum Gasteiger partial charge on any atom is -0.359 e. The highest BCUT2D eigenvalue weighted by Crippen LogP contribution is 2.29. The highest BCUT2D eigenvalue weighted by molar-refractivity contribution is 7.99. The first kappa shape index (κ1) is 18.1. The first-order chi connectivity index (χ1) is 13.6. The number of H-pyrrole nitrogens is 1. The summed E-state index contributed by atoms with van der Waals surface area (Å²) in [6.45, 7) is 1.94. The van der Waals surface area contributed by atoms with Crippen molar-refractivity contribution >= 4 is 35.1 Å². The van der Waals surface area contributed by atoms with Crippen LogP contribution >= 0.6 is 11.8 Å². The highest BCUT2D eigenvalue weighted by Gasteiger charge is 2.10. The van der Waals surface area contributed by atoms with Gasteiger partial charge in [0.05, 0.1) is 6.42 Å². The molecule has 1 aromatic carbocycles. The van der Waals surface area contributed by atoms with Crippen LogP contribution in [-0.2, 0) is 11.2 Å². The minimum atomic E-state index is -0.0140. The van der Waals surface area contributed by atoms with Crippen LogP contribution in [0, 0.1) is 6.92 Å². The van der Waals surface area contributed by atoms with Crippen molar-refractivity contribution in [2.75, 3.05) is 12.4 Å². The molecule has 0 spiro atoms. The number of imidazole rings is 1. The van der Waals surface area contributed by atoms with Gasteiger partial charge in [0.2, 0.25) is 11.9 Å². The Kier molecular flexibility index (Phi) is 4.98. The van der Waals surface area contributed by atoms with E-state index in [0.29, 0.717) is 18.2 Å². The van der Waals surface area contributed by atoms with Gasteiger partial charge >= 0.3 is 0 Å². The van der Waals surface area contributed by atoms with Gasteiger partial charge in [0.1, 0.15) is 10.7 Å². The largest absolute Gasteiger partial charge is 0.359 e. The molecule has 0 saturated carbocycles. The van der Waals surface area contributed by atoms with Crippen LogP contribution in [0.15, 0.2) is 58.7 Å². The van der Waals surface area contributed by atoms with Crippen LogP contribution in [0.25, 0.3) is 5.65 Å². The molecule has 4 rings (SSSR count). The van der Waals surface area contributed by atoms with Gasteiger partial charge in [-0.25, -0.2) is 9.97 Å². The first-order valence-corrected chi connectivity index (χ1v) is 9.53. The highest BCUT2D eigenvalue weighted by atomic mass is 32.2. The fraction of sp³-hybridized carbons (Fsp3) is 0.158. The summed E-state index contributed by atoms with van der Waals surface area (Å²) in [7, 11) is 1.64. The number of nitrogens with one attached hydrogen (secondary N) is 3. The van der Waals surface area contributed by atoms with Crippen molar-refractivity contribution in [2.24, 2.45) is 0 Å². The molecular weight excluding hydrogens is 374 g/mol. The van der Waals surface area contributed by atoms with Gasteiger partial charge in [0.15, 0.2) is 5.82 Å². The Labute approximate surface area is 165 Å². The van der Waals surface area contributed by atoms with Gasteiger partial charge in [0.25, 0.3) is 0 Å². The van der Waals surface area contributed by atoms with Crippen molar-refractivity contribution in [1.82, 2.24) is 29.9 Å². The van der Waals surface area contributed by atoms with E-state index in [1.54, 1.807) is 13.2 Å². The molecule has 0 radical (unpaired) electrons. The lowest BCUT2D eigenvalue weighted by Crippen LogP contribution is -2.19. The zero-order valence-electron chi connectivity index (χ0n) is 15.4. The van der Waals surface area contributed by atoms with Crippen molar-refractivity contribution < 1.29 is 4.79 Å². The summed E-state index contributed by atoms with van der Waals surface area (Å²) in [5.74, 6) is 1.31. The number of fused-ring (bicyclic) bond motifs is 1. The smallest absolute Gasteiger partial charge is 0.224 e. The van der Waals surface area contributed by atoms with Gasteiger partial charge in [-0.3, -0.25) is 14.3 Å². The molecule has 4 aromatic rings. The molecular formula is C19H19N7OS. The molecule has 0 aliphatic carbocycles. The number of benzene rings is 1. The summed E-state index contributed by atoms with van der Waals surface area (Å²) in [6.07, 6.45) is 3.93. The van der Waals surface area contributed by atoms with Crippen molar-refractivity contribution in [3.8, 4) is 0 Å². The summed E-state index contributed by atoms with van der Waals surface area (Å²) in [6, 6.07) is 11.7. The Morgan fingerprint density at radius 3 is 2.96 bits per heavy atom. The molecule has 0 aliphatic heterocycles. The lowest BCUT2D eigenvalue weighted by Gasteiger charge is -2.09. The monoisotopic (exact) mass is 393 g/mol. The van der Waals surface area contributed by atoms with Crippen molar-refractivity contribution in [2.45, 2.75) is 23.3 Å². The van der Waals surface area contributed by atoms with E-state index in [4.69, 9.17) is 4.98 Å². The van der Waals surface area contributed by atoms with Crippen molar-refractivity contribution in [3.63, 3.8) is 0 Å². The quantitative estimate of drug-likeness (QED) is 0.436. The van der Waals surface area contributed by atoms with E-state index in [0.717, 1.165) is 26.8 Å². The zero-order valence-corrected chi connectivity index (χ0v) is 16.2. The molecule has 0 atom stereocenters. The predicted molar refractivity (Wildman–Crippen MR) is 108 cm³/mol. The van der Waals surface area contributed by atoms with E-state index >= 15 is 0 Å². The molecule has 0 fully saturated rings. The number of likely N-dealkylation sites (N-methyl/N-ethyl adjacent to an activating group) is 1. The van der Waals surface area contributed by atoms with Gasteiger partial charge in [-0.1, -0.05) is 23.9 Å². The lowest BCUT2D eigenvalue weighted by atomic mass is 10.1. The van der Waals surface area contributed by atoms with E-state index in [1.165, 1.54) is 11.8 Å². The third kappa shape index (κ3) is 3.99. The van der Waals surface area contributed by atoms with Gasteiger partial charge in [0, 0.05) is 42.2 Å². The molecule has 142 valence electrons. The molecule has 9 heteroatoms. The Balaban J connectivity index is 1.62. The number of aryl methyl sites for hydroxylation is 1. The minimum absolute atomic E-state index is 0.0140. The molecule has 0 aliphatic rings. The maximum Gasteiger partial charge on any atom is 0.224 e. The van der Waals surface area contributed by atoms with E-state index < -0.39 is 0 Å². The Bertz CT molecular complexity index is 1130. The average Bonchev–Trinajstić information content (AvgIpc) is 3.31. The Hall–Kier alpha value is -3.33. The van der Waals surface area contributed by atoms with Crippen LogP contribution in [-0.4, -0.2) is 37.5 Å². The van der Waals surface area contributed by atoms with Gasteiger partial charge in [-0.2, -0.15) is 5.10 Å². The molecule has 3 heterocycles. The van der Waals surface area contributed by atoms with E-state index in [1.807, 2.05) is 53.9 Å². The molecule has 0 unspecified atom stereocenters. The number of nitrogens with zero attached hydrogens (tertiary/aromatic N) is 4. The number of anilines is 2. The number of aromatic nitrogens is 5. The Morgan fingerprint density at radius 1 is 1.29 bits per heavy atom. The Morgan fingerprint density at radius 2 is 2.18 bits per heavy atom. The van der Waals surface area contributed by atoms with Gasteiger partial charge < -0.3 is 10.6 Å². The summed E-state index contributed by atoms with van der Waals surface area (Å²) in [5, 5.41) is 13.8. The number of carbonyl (C=O) groups excluding carboxylic acids is 1. The van der Waals surface area contributed by atoms with E-state index in [2.05, 4.69) is 25.8 Å². The van der Waals surface area contributed by atoms with Crippen LogP contribution in [0.2, 0.25) is 0 Å². The second-order valence-corrected chi connectivity index (χ2v) is 7.33. The number of aromatic amines is 1. The fourth-order valence-corrected chi connectivity index (χ4v) is 3.65. The van der Waals surface area contributed by atoms with Gasteiger partial charge in [-0.05, 0) is 24.6 Å². The number of rotatable bonds is 6. The average molecular weight is 393 g/mol. The third-order valence-corrected chi connectivity index (χ3v) is 4.98. The van der Waals surface area contributed by atoms with Crippen LogP contribution < -0.4 is 10.6 Å². The van der Waals surface area contributed by atoms with Gasteiger partial charge in [-0.15, -0.1) is 0 Å². The predicted octanol–water partition coefficient (Wildman–Crippen LogP) is 2.94. The maximum absolute atomic E-state index is 11.6. The summed E-state index contributed by atoms with van der Waals surface area (Å²) >= 11 is 1.52. The maximum atomic E-state index is 11.6. The van der Waals surface area contributed by atoms with Crippen LogP contribution in [0.3, 0.4) is 0 Å². The second-order valence-electron chi connectivity index (χ2n) is 6.23. The van der Waals surface area contributed by atoms with Crippen molar-refractivity contribution in [1.29, 1.82) is 0 Å². The third-order valence-electron chi connectivity index (χ3n) is 4.08. The molecule has 28 heavy (non-hydrogen) atoms. The lowest BCUT2D eigenvalue weighted by molar-refractivity contribution is -0.119.